The van der Waals surface area contributed by atoms with Gasteiger partial charge in [-0.15, -0.1) is 0 Å². The van der Waals surface area contributed by atoms with Crippen molar-refractivity contribution in [3.63, 3.8) is 0 Å². The number of benzene rings is 2. The van der Waals surface area contributed by atoms with Crippen LogP contribution in [-0.4, -0.2) is 52.6 Å². The lowest BCUT2D eigenvalue weighted by atomic mass is 9.98. The first-order valence-electron chi connectivity index (χ1n) is 11.1. The van der Waals surface area contributed by atoms with E-state index in [2.05, 4.69) is 6.92 Å². The molecule has 0 amide bonds. The van der Waals surface area contributed by atoms with Crippen LogP contribution in [0.4, 0.5) is 0 Å². The third-order valence-corrected chi connectivity index (χ3v) is 4.92. The van der Waals surface area contributed by atoms with Gasteiger partial charge >= 0.3 is 0 Å². The van der Waals surface area contributed by atoms with E-state index in [1.165, 1.54) is 20.3 Å². The summed E-state index contributed by atoms with van der Waals surface area (Å²) >= 11 is 0. The van der Waals surface area contributed by atoms with Gasteiger partial charge in [0.1, 0.15) is 28.6 Å². The molecule has 0 aliphatic carbocycles. The maximum absolute atomic E-state index is 13.2. The normalized spacial score (nSPS) is 11.1. The van der Waals surface area contributed by atoms with Crippen LogP contribution in [0.1, 0.15) is 47.7 Å². The molecule has 1 N–H and O–H groups in total. The molecule has 34 heavy (non-hydrogen) atoms. The quantitative estimate of drug-likeness (QED) is 0.158. The minimum Gasteiger partial charge on any atom is -0.507 e. The number of carbonyl (C=O) groups is 1. The molecule has 0 atom stereocenters. The van der Waals surface area contributed by atoms with Gasteiger partial charge in [0, 0.05) is 33.0 Å². The molecule has 2 rings (SSSR count). The van der Waals surface area contributed by atoms with Crippen LogP contribution in [0.5, 0.6) is 23.0 Å². The van der Waals surface area contributed by atoms with Crippen molar-refractivity contribution in [2.24, 2.45) is 0 Å². The summed E-state index contributed by atoms with van der Waals surface area (Å²) in [5.41, 5.74) is 1.40. The topological polar surface area (TPSA) is 92.7 Å². The van der Waals surface area contributed by atoms with E-state index in [1.807, 2.05) is 12.1 Å². The summed E-state index contributed by atoms with van der Waals surface area (Å²) in [5, 5.41) is 11.1. The minimum absolute atomic E-state index is 0.00121. The molecule has 8 nitrogen and oxygen atoms in total. The number of unbranched alkanes of at least 4 members (excludes halogenated alkanes) is 2. The van der Waals surface area contributed by atoms with Gasteiger partial charge in [0.15, 0.2) is 26.2 Å². The van der Waals surface area contributed by atoms with E-state index in [4.69, 9.17) is 28.4 Å². The summed E-state index contributed by atoms with van der Waals surface area (Å²) in [7, 11) is 4.54. The molecule has 0 aromatic heterocycles. The van der Waals surface area contributed by atoms with E-state index in [-0.39, 0.29) is 37.4 Å². The maximum atomic E-state index is 13.2. The molecule has 2 aromatic carbocycles. The lowest BCUT2D eigenvalue weighted by molar-refractivity contribution is 0.0448. The van der Waals surface area contributed by atoms with Crippen LogP contribution in [-0.2, 0) is 20.6 Å². The molecule has 2 aromatic rings. The molecule has 8 heteroatoms. The van der Waals surface area contributed by atoms with Crippen LogP contribution in [0.3, 0.4) is 0 Å². The highest BCUT2D eigenvalue weighted by Crippen LogP contribution is 2.40. The van der Waals surface area contributed by atoms with E-state index in [0.29, 0.717) is 23.5 Å². The van der Waals surface area contributed by atoms with E-state index >= 15 is 0 Å². The largest absolute Gasteiger partial charge is 0.507 e. The van der Waals surface area contributed by atoms with Gasteiger partial charge in [-0.05, 0) is 36.6 Å². The van der Waals surface area contributed by atoms with E-state index in [9.17, 15) is 9.90 Å². The second kappa shape index (κ2) is 15.0. The van der Waals surface area contributed by atoms with Gasteiger partial charge in [-0.3, -0.25) is 4.79 Å². The number of phenolic OH excluding ortho intramolecular Hbond substituents is 1. The van der Waals surface area contributed by atoms with E-state index in [0.717, 1.165) is 24.8 Å². The Hall–Kier alpha value is -3.07. The zero-order valence-electron chi connectivity index (χ0n) is 20.3. The van der Waals surface area contributed by atoms with Crippen molar-refractivity contribution in [2.45, 2.75) is 32.6 Å². The predicted molar refractivity (Wildman–Crippen MR) is 129 cm³/mol. The van der Waals surface area contributed by atoms with Crippen molar-refractivity contribution >= 4 is 11.9 Å². The van der Waals surface area contributed by atoms with Crippen LogP contribution >= 0.6 is 0 Å². The number of allylic oxidation sites excluding steroid dienone is 1. The summed E-state index contributed by atoms with van der Waals surface area (Å²) in [4.78, 5) is 13.2. The number of phenols is 1. The average Bonchev–Trinajstić information content (AvgIpc) is 2.85. The SMILES string of the molecule is CCCCCc1c(OCOC)cc(OCOC)c(C(=O)/C=C/c2ccc(OCOC)cc2)c1O. The number of hydrogen-bond acceptors (Lipinski definition) is 8. The Balaban J connectivity index is 2.37. The average molecular weight is 475 g/mol. The van der Waals surface area contributed by atoms with Crippen LogP contribution < -0.4 is 14.2 Å². The Morgan fingerprint density at radius 1 is 0.882 bits per heavy atom. The lowest BCUT2D eigenvalue weighted by Gasteiger charge is -2.18. The molecule has 0 aliphatic rings. The fourth-order valence-electron chi connectivity index (χ4n) is 3.24. The zero-order valence-corrected chi connectivity index (χ0v) is 20.3. The number of methoxy groups -OCH3 is 3. The number of hydrogen-bond donors (Lipinski definition) is 1. The van der Waals surface area contributed by atoms with Crippen molar-refractivity contribution in [1.82, 2.24) is 0 Å². The molecule has 0 spiro atoms. The minimum atomic E-state index is -0.404. The Labute approximate surface area is 201 Å². The predicted octanol–water partition coefficient (Wildman–Crippen LogP) is 4.97. The highest BCUT2D eigenvalue weighted by atomic mass is 16.7. The van der Waals surface area contributed by atoms with Gasteiger partial charge in [0.2, 0.25) is 0 Å². The Morgan fingerprint density at radius 2 is 1.50 bits per heavy atom. The lowest BCUT2D eigenvalue weighted by Crippen LogP contribution is -2.09. The summed E-state index contributed by atoms with van der Waals surface area (Å²) in [5.74, 6) is 0.671. The van der Waals surface area contributed by atoms with Crippen LogP contribution in [0, 0.1) is 0 Å². The molecule has 0 aliphatic heterocycles. The van der Waals surface area contributed by atoms with Crippen molar-refractivity contribution < 1.29 is 38.3 Å². The van der Waals surface area contributed by atoms with Gasteiger partial charge in [-0.25, -0.2) is 0 Å². The van der Waals surface area contributed by atoms with Gasteiger partial charge in [-0.1, -0.05) is 38.0 Å². The van der Waals surface area contributed by atoms with Gasteiger partial charge in [0.05, 0.1) is 0 Å². The maximum Gasteiger partial charge on any atom is 0.193 e. The molecule has 0 fully saturated rings. The van der Waals surface area contributed by atoms with Crippen molar-refractivity contribution in [2.75, 3.05) is 41.7 Å². The molecule has 0 unspecified atom stereocenters. The Bertz CT molecular complexity index is 921. The molecule has 186 valence electrons. The molecular formula is C26H34O8. The fourth-order valence-corrected chi connectivity index (χ4v) is 3.24. The Morgan fingerprint density at radius 3 is 2.12 bits per heavy atom. The van der Waals surface area contributed by atoms with Crippen LogP contribution in [0.2, 0.25) is 0 Å². The summed E-state index contributed by atoms with van der Waals surface area (Å²) in [6.45, 7) is 2.16. The van der Waals surface area contributed by atoms with Crippen molar-refractivity contribution in [1.29, 1.82) is 0 Å². The molecule has 0 saturated carbocycles. The summed E-state index contributed by atoms with van der Waals surface area (Å²) in [6.07, 6.45) is 6.45. The van der Waals surface area contributed by atoms with Crippen molar-refractivity contribution in [3.8, 4) is 23.0 Å². The number of aromatic hydroxyl groups is 1. The standard InChI is InChI=1S/C26H34O8/c1-5-6-7-8-21-23(33-17-30-3)15-24(34-18-31-4)25(26(21)28)22(27)14-11-19-9-12-20(13-10-19)32-16-29-2/h9-15,28H,5-8,16-18H2,1-4H3/b14-11+. The van der Waals surface area contributed by atoms with Crippen molar-refractivity contribution in [3.05, 3.63) is 53.1 Å². The number of ketones is 1. The second-order valence-electron chi connectivity index (χ2n) is 7.45. The third kappa shape index (κ3) is 8.06. The second-order valence-corrected chi connectivity index (χ2v) is 7.45. The van der Waals surface area contributed by atoms with Gasteiger partial charge in [0.25, 0.3) is 0 Å². The molecule has 0 heterocycles. The van der Waals surface area contributed by atoms with E-state index < -0.39 is 5.78 Å². The highest BCUT2D eigenvalue weighted by molar-refractivity contribution is 6.11. The van der Waals surface area contributed by atoms with Gasteiger partial charge in [-0.2, -0.15) is 0 Å². The molecule has 0 bridgehead atoms. The monoisotopic (exact) mass is 474 g/mol. The van der Waals surface area contributed by atoms with E-state index in [1.54, 1.807) is 31.4 Å². The highest BCUT2D eigenvalue weighted by Gasteiger charge is 2.23. The first-order chi connectivity index (χ1) is 16.5. The first-order valence-corrected chi connectivity index (χ1v) is 11.1. The van der Waals surface area contributed by atoms with Crippen LogP contribution in [0.15, 0.2) is 36.4 Å². The number of rotatable bonds is 16. The number of ether oxygens (including phenoxy) is 6. The Kier molecular flexibility index (Phi) is 12.0. The van der Waals surface area contributed by atoms with Crippen LogP contribution in [0.25, 0.3) is 6.08 Å². The fraction of sp³-hybridized carbons (Fsp3) is 0.423. The molecule has 0 radical (unpaired) electrons. The zero-order chi connectivity index (χ0) is 24.8. The smallest absolute Gasteiger partial charge is 0.193 e. The summed E-state index contributed by atoms with van der Waals surface area (Å²) in [6, 6.07) is 8.79. The summed E-state index contributed by atoms with van der Waals surface area (Å²) < 4.78 is 31.6. The van der Waals surface area contributed by atoms with Gasteiger partial charge < -0.3 is 33.5 Å². The molecule has 0 saturated heterocycles. The molecular weight excluding hydrogens is 440 g/mol. The first kappa shape index (κ1) is 27.2. The third-order valence-electron chi connectivity index (χ3n) is 4.92. The number of carbonyl (C=O) groups excluding carboxylic acids is 1.